The largest absolute Gasteiger partial charge is 0.481 e. The lowest BCUT2D eigenvalue weighted by Crippen LogP contribution is -2.53. The maximum Gasteiger partial charge on any atom is 0.316 e. The molecule has 1 aromatic carbocycles. The van der Waals surface area contributed by atoms with E-state index in [0.29, 0.717) is 6.54 Å². The van der Waals surface area contributed by atoms with Gasteiger partial charge < -0.3 is 15.2 Å². The zero-order valence-electron chi connectivity index (χ0n) is 9.50. The molecule has 2 rings (SSSR count). The van der Waals surface area contributed by atoms with Crippen LogP contribution in [0.5, 0.6) is 0 Å². The van der Waals surface area contributed by atoms with Crippen LogP contribution < -0.4 is 5.32 Å². The van der Waals surface area contributed by atoms with Gasteiger partial charge in [0.2, 0.25) is 0 Å². The van der Waals surface area contributed by atoms with E-state index >= 15 is 0 Å². The fourth-order valence-corrected chi connectivity index (χ4v) is 2.31. The quantitative estimate of drug-likeness (QED) is 0.895. The van der Waals surface area contributed by atoms with E-state index < -0.39 is 11.4 Å². The molecule has 1 aliphatic heterocycles. The predicted molar refractivity (Wildman–Crippen MR) is 68.3 cm³/mol. The minimum Gasteiger partial charge on any atom is -0.481 e. The molecule has 92 valence electrons. The predicted octanol–water partition coefficient (Wildman–Crippen LogP) is 2.27. The molecular formula is C12H14BrNO3. The number of carboxylic acid groups (broad SMARTS) is 1. The lowest BCUT2D eigenvalue weighted by Gasteiger charge is -2.37. The molecule has 0 unspecified atom stereocenters. The lowest BCUT2D eigenvalue weighted by atomic mass is 9.86. The van der Waals surface area contributed by atoms with Gasteiger partial charge >= 0.3 is 5.97 Å². The van der Waals surface area contributed by atoms with Crippen molar-refractivity contribution in [1.29, 1.82) is 0 Å². The highest BCUT2D eigenvalue weighted by Crippen LogP contribution is 2.30. The third-order valence-corrected chi connectivity index (χ3v) is 3.61. The van der Waals surface area contributed by atoms with Gasteiger partial charge in [-0.1, -0.05) is 6.07 Å². The number of aryl methyl sites for hydroxylation is 1. The van der Waals surface area contributed by atoms with Crippen LogP contribution in [0.2, 0.25) is 0 Å². The molecule has 1 aromatic rings. The van der Waals surface area contributed by atoms with Crippen molar-refractivity contribution in [2.24, 2.45) is 5.41 Å². The van der Waals surface area contributed by atoms with Gasteiger partial charge in [-0.15, -0.1) is 0 Å². The molecule has 0 aliphatic carbocycles. The Labute approximate surface area is 108 Å². The van der Waals surface area contributed by atoms with Gasteiger partial charge in [0, 0.05) is 16.7 Å². The second-order valence-electron chi connectivity index (χ2n) is 4.42. The molecule has 17 heavy (non-hydrogen) atoms. The third-order valence-electron chi connectivity index (χ3n) is 2.95. The summed E-state index contributed by atoms with van der Waals surface area (Å²) < 4.78 is 5.95. The summed E-state index contributed by atoms with van der Waals surface area (Å²) in [6.07, 6.45) is 0. The number of nitrogens with one attached hydrogen (secondary N) is 1. The molecule has 2 N–H and O–H groups in total. The summed E-state index contributed by atoms with van der Waals surface area (Å²) in [6, 6.07) is 5.92. The molecule has 4 nitrogen and oxygen atoms in total. The first-order chi connectivity index (χ1) is 8.03. The number of halogens is 1. The lowest BCUT2D eigenvalue weighted by molar-refractivity contribution is -0.176. The minimum atomic E-state index is -0.806. The van der Waals surface area contributed by atoms with Crippen LogP contribution in [0.4, 0.5) is 5.69 Å². The summed E-state index contributed by atoms with van der Waals surface area (Å²) in [7, 11) is 0. The fourth-order valence-electron chi connectivity index (χ4n) is 1.68. The van der Waals surface area contributed by atoms with E-state index in [1.165, 1.54) is 0 Å². The van der Waals surface area contributed by atoms with Crippen LogP contribution in [-0.2, 0) is 9.53 Å². The molecule has 0 radical (unpaired) electrons. The molecule has 1 aliphatic rings. The molecule has 0 atom stereocenters. The molecule has 1 saturated heterocycles. The number of benzene rings is 1. The number of aliphatic carboxylic acids is 1. The average Bonchev–Trinajstić information content (AvgIpc) is 2.18. The number of anilines is 1. The summed E-state index contributed by atoms with van der Waals surface area (Å²) in [5.74, 6) is -0.806. The van der Waals surface area contributed by atoms with Gasteiger partial charge in [0.1, 0.15) is 5.41 Å². The molecule has 0 bridgehead atoms. The maximum absolute atomic E-state index is 11.1. The van der Waals surface area contributed by atoms with Gasteiger partial charge in [0.05, 0.1) is 13.2 Å². The number of carboxylic acids is 1. The first kappa shape index (κ1) is 12.4. The van der Waals surface area contributed by atoms with Gasteiger partial charge in [-0.25, -0.2) is 0 Å². The second-order valence-corrected chi connectivity index (χ2v) is 5.27. The van der Waals surface area contributed by atoms with Crippen LogP contribution in [0.15, 0.2) is 22.7 Å². The summed E-state index contributed by atoms with van der Waals surface area (Å²) in [5.41, 5.74) is 1.29. The van der Waals surface area contributed by atoms with E-state index in [4.69, 9.17) is 9.84 Å². The Hall–Kier alpha value is -1.07. The topological polar surface area (TPSA) is 58.6 Å². The molecule has 0 spiro atoms. The zero-order chi connectivity index (χ0) is 12.5. The Balaban J connectivity index is 2.04. The monoisotopic (exact) mass is 299 g/mol. The van der Waals surface area contributed by atoms with Crippen LogP contribution in [0.25, 0.3) is 0 Å². The van der Waals surface area contributed by atoms with E-state index in [1.54, 1.807) is 0 Å². The summed E-state index contributed by atoms with van der Waals surface area (Å²) in [4.78, 5) is 11.1. The Morgan fingerprint density at radius 1 is 1.59 bits per heavy atom. The number of ether oxygens (including phenoxy) is 1. The van der Waals surface area contributed by atoms with E-state index in [1.807, 2.05) is 25.1 Å². The van der Waals surface area contributed by atoms with Gasteiger partial charge in [-0.3, -0.25) is 4.79 Å². The summed E-state index contributed by atoms with van der Waals surface area (Å²) in [6.45, 7) is 2.94. The van der Waals surface area contributed by atoms with Crippen molar-refractivity contribution in [1.82, 2.24) is 0 Å². The molecule has 1 fully saturated rings. The standard InChI is InChI=1S/C12H14BrNO3/c1-8-2-3-10(9(13)4-8)14-5-12(11(15)16)6-17-7-12/h2-4,14H,5-7H2,1H3,(H,15,16). The average molecular weight is 300 g/mol. The number of hydrogen-bond acceptors (Lipinski definition) is 3. The van der Waals surface area contributed by atoms with Gasteiger partial charge in [-0.05, 0) is 40.5 Å². The molecule has 5 heteroatoms. The molecule has 0 saturated carbocycles. The van der Waals surface area contributed by atoms with Crippen LogP contribution in [0.3, 0.4) is 0 Å². The highest BCUT2D eigenvalue weighted by Gasteiger charge is 2.46. The van der Waals surface area contributed by atoms with Gasteiger partial charge in [0.25, 0.3) is 0 Å². The smallest absolute Gasteiger partial charge is 0.316 e. The highest BCUT2D eigenvalue weighted by molar-refractivity contribution is 9.10. The van der Waals surface area contributed by atoms with Crippen LogP contribution in [0, 0.1) is 12.3 Å². The van der Waals surface area contributed by atoms with Crippen LogP contribution in [0.1, 0.15) is 5.56 Å². The first-order valence-electron chi connectivity index (χ1n) is 5.35. The highest BCUT2D eigenvalue weighted by atomic mass is 79.9. The van der Waals surface area contributed by atoms with Crippen molar-refractivity contribution in [3.8, 4) is 0 Å². The van der Waals surface area contributed by atoms with Crippen molar-refractivity contribution >= 4 is 27.6 Å². The van der Waals surface area contributed by atoms with Crippen LogP contribution >= 0.6 is 15.9 Å². The molecular weight excluding hydrogens is 286 g/mol. The van der Waals surface area contributed by atoms with Crippen molar-refractivity contribution in [2.45, 2.75) is 6.92 Å². The van der Waals surface area contributed by atoms with Crippen molar-refractivity contribution in [3.63, 3.8) is 0 Å². The molecule has 0 aromatic heterocycles. The van der Waals surface area contributed by atoms with E-state index in [9.17, 15) is 4.79 Å². The molecule has 1 heterocycles. The van der Waals surface area contributed by atoms with Crippen molar-refractivity contribution in [3.05, 3.63) is 28.2 Å². The van der Waals surface area contributed by atoms with Crippen molar-refractivity contribution in [2.75, 3.05) is 25.1 Å². The van der Waals surface area contributed by atoms with E-state index in [2.05, 4.69) is 21.2 Å². The Kier molecular flexibility index (Phi) is 3.40. The van der Waals surface area contributed by atoms with Gasteiger partial charge in [-0.2, -0.15) is 0 Å². The number of hydrogen-bond donors (Lipinski definition) is 2. The zero-order valence-corrected chi connectivity index (χ0v) is 11.1. The Morgan fingerprint density at radius 2 is 2.29 bits per heavy atom. The van der Waals surface area contributed by atoms with E-state index in [-0.39, 0.29) is 13.2 Å². The first-order valence-corrected chi connectivity index (χ1v) is 6.14. The Bertz CT molecular complexity index is 443. The SMILES string of the molecule is Cc1ccc(NCC2(C(=O)O)COC2)c(Br)c1. The fraction of sp³-hybridized carbons (Fsp3) is 0.417. The summed E-state index contributed by atoms with van der Waals surface area (Å²) in [5, 5.41) is 12.3. The summed E-state index contributed by atoms with van der Waals surface area (Å²) >= 11 is 3.45. The van der Waals surface area contributed by atoms with Crippen LogP contribution in [-0.4, -0.2) is 30.8 Å². The third kappa shape index (κ3) is 2.45. The van der Waals surface area contributed by atoms with Gasteiger partial charge in [0.15, 0.2) is 0 Å². The van der Waals surface area contributed by atoms with Crippen molar-refractivity contribution < 1.29 is 14.6 Å². The minimum absolute atomic E-state index is 0.277. The van der Waals surface area contributed by atoms with E-state index in [0.717, 1.165) is 15.7 Å². The second kappa shape index (κ2) is 4.66. The Morgan fingerprint density at radius 3 is 2.76 bits per heavy atom. The maximum atomic E-state index is 11.1. The molecule has 0 amide bonds. The normalized spacial score (nSPS) is 17.3. The number of carbonyl (C=O) groups is 1. The number of rotatable bonds is 4.